The Morgan fingerprint density at radius 1 is 1.36 bits per heavy atom. The minimum absolute atomic E-state index is 0.154. The van der Waals surface area contributed by atoms with E-state index in [-0.39, 0.29) is 24.8 Å². The molecule has 22 heavy (non-hydrogen) atoms. The lowest BCUT2D eigenvalue weighted by molar-refractivity contribution is -0.0399. The number of hydrogen-bond acceptors (Lipinski definition) is 1. The normalized spacial score (nSPS) is 18.5. The second-order valence-electron chi connectivity index (χ2n) is 5.87. The van der Waals surface area contributed by atoms with Crippen LogP contribution in [0.3, 0.4) is 0 Å². The largest absolute Gasteiger partial charge is 0.348 e. The minimum Gasteiger partial charge on any atom is -0.348 e. The maximum absolute atomic E-state index is 13.2. The smallest absolute Gasteiger partial charge is 0.268 e. The first-order chi connectivity index (χ1) is 10.4. The van der Waals surface area contributed by atoms with Crippen LogP contribution < -0.4 is 5.32 Å². The van der Waals surface area contributed by atoms with E-state index in [0.717, 1.165) is 15.4 Å². The van der Waals surface area contributed by atoms with Gasteiger partial charge in [-0.05, 0) is 40.9 Å². The van der Waals surface area contributed by atoms with Crippen molar-refractivity contribution in [1.82, 2.24) is 9.88 Å². The Morgan fingerprint density at radius 2 is 2.05 bits per heavy atom. The van der Waals surface area contributed by atoms with Gasteiger partial charge in [-0.25, -0.2) is 8.78 Å². The molecule has 3 nitrogen and oxygen atoms in total. The average molecular weight is 371 g/mol. The summed E-state index contributed by atoms with van der Waals surface area (Å²) < 4.78 is 29.1. The van der Waals surface area contributed by atoms with Crippen LogP contribution in [0, 0.1) is 0 Å². The summed E-state index contributed by atoms with van der Waals surface area (Å²) in [5, 5.41) is 3.86. The molecule has 1 amide bonds. The molecule has 1 aromatic heterocycles. The van der Waals surface area contributed by atoms with E-state index in [4.69, 9.17) is 0 Å². The first-order valence-corrected chi connectivity index (χ1v) is 8.09. The topological polar surface area (TPSA) is 34.0 Å². The summed E-state index contributed by atoms with van der Waals surface area (Å²) in [5.74, 6) is -2.79. The lowest BCUT2D eigenvalue weighted by Gasteiger charge is -2.28. The molecule has 1 fully saturated rings. The molecule has 1 aromatic carbocycles. The van der Waals surface area contributed by atoms with E-state index in [1.165, 1.54) is 0 Å². The van der Waals surface area contributed by atoms with Crippen molar-refractivity contribution in [2.45, 2.75) is 37.6 Å². The highest BCUT2D eigenvalue weighted by molar-refractivity contribution is 9.10. The van der Waals surface area contributed by atoms with Crippen LogP contribution in [0.1, 0.15) is 36.2 Å². The number of para-hydroxylation sites is 1. The zero-order valence-electron chi connectivity index (χ0n) is 12.2. The quantitative estimate of drug-likeness (QED) is 0.842. The molecule has 1 aliphatic rings. The minimum atomic E-state index is -2.58. The molecule has 0 bridgehead atoms. The van der Waals surface area contributed by atoms with Gasteiger partial charge in [0.15, 0.2) is 0 Å². The Balaban J connectivity index is 1.79. The van der Waals surface area contributed by atoms with Gasteiger partial charge in [0.2, 0.25) is 5.92 Å². The maximum atomic E-state index is 13.2. The van der Waals surface area contributed by atoms with Crippen molar-refractivity contribution < 1.29 is 13.6 Å². The van der Waals surface area contributed by atoms with Gasteiger partial charge in [0.05, 0.1) is 5.52 Å². The third-order valence-corrected chi connectivity index (χ3v) is 4.93. The summed E-state index contributed by atoms with van der Waals surface area (Å²) in [6, 6.07) is 7.43. The molecule has 0 atom stereocenters. The fourth-order valence-corrected chi connectivity index (χ4v) is 3.68. The van der Waals surface area contributed by atoms with Gasteiger partial charge in [0, 0.05) is 35.8 Å². The van der Waals surface area contributed by atoms with Crippen molar-refractivity contribution >= 4 is 32.7 Å². The van der Waals surface area contributed by atoms with Crippen LogP contribution in [-0.4, -0.2) is 22.4 Å². The van der Waals surface area contributed by atoms with Crippen LogP contribution in [0.4, 0.5) is 8.78 Å². The Hall–Kier alpha value is -1.43. The van der Waals surface area contributed by atoms with E-state index >= 15 is 0 Å². The Kier molecular flexibility index (Phi) is 3.97. The average Bonchev–Trinajstić information content (AvgIpc) is 2.80. The van der Waals surface area contributed by atoms with Gasteiger partial charge in [0.1, 0.15) is 5.69 Å². The molecule has 6 heteroatoms. The third kappa shape index (κ3) is 2.89. The number of aryl methyl sites for hydroxylation is 1. The Labute approximate surface area is 135 Å². The number of hydrogen-bond donors (Lipinski definition) is 1. The predicted molar refractivity (Wildman–Crippen MR) is 85.3 cm³/mol. The number of rotatable bonds is 2. The second-order valence-corrected chi connectivity index (χ2v) is 6.72. The molecule has 1 N–H and O–H groups in total. The molecular weight excluding hydrogens is 354 g/mol. The number of alkyl halides is 2. The van der Waals surface area contributed by atoms with E-state index in [1.807, 2.05) is 35.9 Å². The van der Waals surface area contributed by atoms with Gasteiger partial charge in [-0.15, -0.1) is 0 Å². The molecule has 1 saturated carbocycles. The standard InChI is InChI=1S/C16H17BrF2N2O/c1-21-13(9-10-3-2-4-12(17)14(10)21)15(22)20-11-5-7-16(18,19)8-6-11/h2-4,9,11H,5-8H2,1H3,(H,20,22). The lowest BCUT2D eigenvalue weighted by atomic mass is 9.92. The summed E-state index contributed by atoms with van der Waals surface area (Å²) in [5.41, 5.74) is 1.49. The number of carbonyl (C=O) groups is 1. The van der Waals surface area contributed by atoms with Crippen LogP contribution in [-0.2, 0) is 7.05 Å². The number of amides is 1. The fourth-order valence-electron chi connectivity index (χ4n) is 3.03. The molecule has 1 aliphatic carbocycles. The van der Waals surface area contributed by atoms with E-state index < -0.39 is 5.92 Å². The predicted octanol–water partition coefficient (Wildman–Crippen LogP) is 4.25. The van der Waals surface area contributed by atoms with Crippen molar-refractivity contribution in [2.75, 3.05) is 0 Å². The lowest BCUT2D eigenvalue weighted by Crippen LogP contribution is -2.40. The molecular formula is C16H17BrF2N2O. The number of nitrogens with zero attached hydrogens (tertiary/aromatic N) is 1. The molecule has 0 saturated heterocycles. The van der Waals surface area contributed by atoms with E-state index in [2.05, 4.69) is 21.2 Å². The van der Waals surface area contributed by atoms with Crippen molar-refractivity contribution in [3.05, 3.63) is 34.4 Å². The number of carbonyl (C=O) groups excluding carboxylic acids is 1. The van der Waals surface area contributed by atoms with Crippen molar-refractivity contribution in [3.8, 4) is 0 Å². The maximum Gasteiger partial charge on any atom is 0.268 e. The molecule has 0 aliphatic heterocycles. The van der Waals surface area contributed by atoms with E-state index in [0.29, 0.717) is 18.5 Å². The van der Waals surface area contributed by atoms with Crippen molar-refractivity contribution in [3.63, 3.8) is 0 Å². The van der Waals surface area contributed by atoms with Crippen LogP contribution >= 0.6 is 15.9 Å². The SMILES string of the molecule is Cn1c(C(=O)NC2CCC(F)(F)CC2)cc2cccc(Br)c21. The van der Waals surface area contributed by atoms with E-state index in [1.54, 1.807) is 0 Å². The summed E-state index contributed by atoms with van der Waals surface area (Å²) >= 11 is 3.49. The number of nitrogens with one attached hydrogen (secondary N) is 1. The summed E-state index contributed by atoms with van der Waals surface area (Å²) in [4.78, 5) is 12.4. The summed E-state index contributed by atoms with van der Waals surface area (Å²) in [7, 11) is 1.83. The monoisotopic (exact) mass is 370 g/mol. The van der Waals surface area contributed by atoms with Crippen LogP contribution in [0.15, 0.2) is 28.7 Å². The van der Waals surface area contributed by atoms with Crippen LogP contribution in [0.5, 0.6) is 0 Å². The first kappa shape index (κ1) is 15.5. The molecule has 0 unspecified atom stereocenters. The fraction of sp³-hybridized carbons (Fsp3) is 0.438. The second kappa shape index (κ2) is 5.65. The summed E-state index contributed by atoms with van der Waals surface area (Å²) in [6.07, 6.45) is 0.343. The highest BCUT2D eigenvalue weighted by atomic mass is 79.9. The Bertz CT molecular complexity index is 716. The van der Waals surface area contributed by atoms with Crippen molar-refractivity contribution in [1.29, 1.82) is 0 Å². The number of benzene rings is 1. The molecule has 118 valence electrons. The summed E-state index contributed by atoms with van der Waals surface area (Å²) in [6.45, 7) is 0. The number of fused-ring (bicyclic) bond motifs is 1. The zero-order chi connectivity index (χ0) is 15.9. The third-order valence-electron chi connectivity index (χ3n) is 4.29. The van der Waals surface area contributed by atoms with Crippen LogP contribution in [0.2, 0.25) is 0 Å². The molecule has 1 heterocycles. The highest BCUT2D eigenvalue weighted by Crippen LogP contribution is 2.33. The highest BCUT2D eigenvalue weighted by Gasteiger charge is 2.35. The van der Waals surface area contributed by atoms with Crippen LogP contribution in [0.25, 0.3) is 10.9 Å². The van der Waals surface area contributed by atoms with Crippen molar-refractivity contribution in [2.24, 2.45) is 7.05 Å². The van der Waals surface area contributed by atoms with Gasteiger partial charge in [-0.2, -0.15) is 0 Å². The molecule has 2 aromatic rings. The zero-order valence-corrected chi connectivity index (χ0v) is 13.8. The molecule has 0 spiro atoms. The number of aromatic nitrogens is 1. The number of halogens is 3. The van der Waals surface area contributed by atoms with Gasteiger partial charge < -0.3 is 9.88 Å². The Morgan fingerprint density at radius 3 is 2.68 bits per heavy atom. The van der Waals surface area contributed by atoms with Gasteiger partial charge in [-0.1, -0.05) is 12.1 Å². The van der Waals surface area contributed by atoms with Gasteiger partial charge in [-0.3, -0.25) is 4.79 Å². The van der Waals surface area contributed by atoms with E-state index in [9.17, 15) is 13.6 Å². The first-order valence-electron chi connectivity index (χ1n) is 7.30. The molecule has 0 radical (unpaired) electrons. The molecule has 3 rings (SSSR count). The van der Waals surface area contributed by atoms with Gasteiger partial charge >= 0.3 is 0 Å². The van der Waals surface area contributed by atoms with Gasteiger partial charge in [0.25, 0.3) is 5.91 Å².